The number of aldehydes is 1. The van der Waals surface area contributed by atoms with Gasteiger partial charge in [0.05, 0.1) is 17.3 Å². The molecule has 0 aliphatic carbocycles. The summed E-state index contributed by atoms with van der Waals surface area (Å²) in [6, 6.07) is 14.9. The number of rotatable bonds is 2. The van der Waals surface area contributed by atoms with Crippen LogP contribution in [0.2, 0.25) is 0 Å². The van der Waals surface area contributed by atoms with Crippen LogP contribution in [0.25, 0.3) is 0 Å². The SMILES string of the molecule is Cc1ccc2c(c1)N=C(Nc1cccc(C#N)c1)OC2C=O. The minimum Gasteiger partial charge on any atom is -0.449 e. The number of carbonyl (C=O) groups excluding carboxylic acids is 1. The van der Waals surface area contributed by atoms with Crippen LogP contribution in [0.3, 0.4) is 0 Å². The standard InChI is InChI=1S/C17H13N3O2/c1-11-5-6-14-15(7-11)20-17(22-16(14)10-21)19-13-4-2-3-12(8-13)9-18/h2-8,10,16H,1H3,(H,19,20). The van der Waals surface area contributed by atoms with E-state index >= 15 is 0 Å². The molecule has 0 amide bonds. The maximum absolute atomic E-state index is 11.3. The maximum Gasteiger partial charge on any atom is 0.295 e. The van der Waals surface area contributed by atoms with Gasteiger partial charge in [0.15, 0.2) is 12.4 Å². The molecule has 1 N–H and O–H groups in total. The average Bonchev–Trinajstić information content (AvgIpc) is 2.53. The largest absolute Gasteiger partial charge is 0.449 e. The van der Waals surface area contributed by atoms with E-state index in [9.17, 15) is 4.79 Å². The Kier molecular flexibility index (Phi) is 3.58. The summed E-state index contributed by atoms with van der Waals surface area (Å²) in [5, 5.41) is 11.9. The van der Waals surface area contributed by atoms with E-state index in [0.717, 1.165) is 17.4 Å². The Bertz CT molecular complexity index is 806. The summed E-state index contributed by atoms with van der Waals surface area (Å²) in [5.74, 6) is 0. The summed E-state index contributed by atoms with van der Waals surface area (Å²) in [4.78, 5) is 15.7. The van der Waals surface area contributed by atoms with E-state index in [4.69, 9.17) is 10.00 Å². The quantitative estimate of drug-likeness (QED) is 0.862. The summed E-state index contributed by atoms with van der Waals surface area (Å²) in [6.45, 7) is 1.96. The van der Waals surface area contributed by atoms with Crippen LogP contribution in [0.5, 0.6) is 0 Å². The molecule has 1 aliphatic heterocycles. The number of nitrogens with zero attached hydrogens (tertiary/aromatic N) is 2. The molecular weight excluding hydrogens is 278 g/mol. The second-order valence-electron chi connectivity index (χ2n) is 4.97. The molecule has 0 saturated carbocycles. The van der Waals surface area contributed by atoms with E-state index < -0.39 is 6.10 Å². The molecule has 1 unspecified atom stereocenters. The first-order valence-electron chi connectivity index (χ1n) is 6.78. The number of hydrogen-bond acceptors (Lipinski definition) is 5. The molecule has 1 aliphatic rings. The first kappa shape index (κ1) is 13.8. The zero-order valence-corrected chi connectivity index (χ0v) is 11.9. The fourth-order valence-corrected chi connectivity index (χ4v) is 2.26. The molecule has 5 heteroatoms. The lowest BCUT2D eigenvalue weighted by atomic mass is 10.0. The number of hydrogen-bond donors (Lipinski definition) is 1. The summed E-state index contributed by atoms with van der Waals surface area (Å²) < 4.78 is 5.57. The van der Waals surface area contributed by atoms with Crippen molar-refractivity contribution in [2.75, 3.05) is 5.32 Å². The van der Waals surface area contributed by atoms with Crippen LogP contribution < -0.4 is 5.32 Å². The molecule has 0 spiro atoms. The molecule has 3 rings (SSSR count). The minimum absolute atomic E-state index is 0.241. The van der Waals surface area contributed by atoms with Crippen LogP contribution in [0.15, 0.2) is 47.5 Å². The fraction of sp³-hybridized carbons (Fsp3) is 0.118. The van der Waals surface area contributed by atoms with Gasteiger partial charge in [-0.05, 0) is 36.8 Å². The molecule has 22 heavy (non-hydrogen) atoms. The van der Waals surface area contributed by atoms with Crippen LogP contribution in [0, 0.1) is 18.3 Å². The van der Waals surface area contributed by atoms with Gasteiger partial charge in [-0.2, -0.15) is 10.3 Å². The van der Waals surface area contributed by atoms with E-state index in [1.165, 1.54) is 0 Å². The minimum atomic E-state index is -0.685. The predicted molar refractivity (Wildman–Crippen MR) is 82.9 cm³/mol. The normalized spacial score (nSPS) is 15.8. The third kappa shape index (κ3) is 2.67. The van der Waals surface area contributed by atoms with Gasteiger partial charge in [-0.25, -0.2) is 0 Å². The highest BCUT2D eigenvalue weighted by Crippen LogP contribution is 2.32. The van der Waals surface area contributed by atoms with E-state index in [-0.39, 0.29) is 6.02 Å². The van der Waals surface area contributed by atoms with Gasteiger partial charge in [0, 0.05) is 11.3 Å². The first-order valence-corrected chi connectivity index (χ1v) is 6.78. The molecule has 2 aromatic carbocycles. The lowest BCUT2D eigenvalue weighted by Gasteiger charge is -2.23. The summed E-state index contributed by atoms with van der Waals surface area (Å²) in [5.41, 5.74) is 3.72. The number of nitrogens with one attached hydrogen (secondary N) is 1. The number of benzene rings is 2. The highest BCUT2D eigenvalue weighted by molar-refractivity contribution is 5.94. The highest BCUT2D eigenvalue weighted by Gasteiger charge is 2.23. The van der Waals surface area contributed by atoms with Gasteiger partial charge < -0.3 is 10.1 Å². The summed E-state index contributed by atoms with van der Waals surface area (Å²) in [6.07, 6.45) is 0.0608. The zero-order valence-electron chi connectivity index (χ0n) is 11.9. The number of amidine groups is 1. The molecule has 5 nitrogen and oxygen atoms in total. The van der Waals surface area contributed by atoms with Crippen molar-refractivity contribution in [1.29, 1.82) is 5.26 Å². The molecular formula is C17H13N3O2. The molecule has 0 radical (unpaired) electrons. The number of aliphatic imine (C=N–C) groups is 1. The topological polar surface area (TPSA) is 74.5 Å². The van der Waals surface area contributed by atoms with Gasteiger partial charge in [-0.1, -0.05) is 18.2 Å². The van der Waals surface area contributed by atoms with Crippen LogP contribution in [-0.2, 0) is 9.53 Å². The Labute approximate surface area is 127 Å². The van der Waals surface area contributed by atoms with Crippen molar-refractivity contribution in [2.45, 2.75) is 13.0 Å². The molecule has 1 atom stereocenters. The van der Waals surface area contributed by atoms with Gasteiger partial charge in [-0.3, -0.25) is 4.79 Å². The third-order valence-electron chi connectivity index (χ3n) is 3.32. The number of fused-ring (bicyclic) bond motifs is 1. The van der Waals surface area contributed by atoms with E-state index in [0.29, 0.717) is 16.9 Å². The smallest absolute Gasteiger partial charge is 0.295 e. The highest BCUT2D eigenvalue weighted by atomic mass is 16.5. The van der Waals surface area contributed by atoms with Gasteiger partial charge in [-0.15, -0.1) is 0 Å². The monoisotopic (exact) mass is 291 g/mol. The van der Waals surface area contributed by atoms with Crippen molar-refractivity contribution in [3.8, 4) is 6.07 Å². The predicted octanol–water partition coefficient (Wildman–Crippen LogP) is 3.24. The molecule has 0 bridgehead atoms. The van der Waals surface area contributed by atoms with Gasteiger partial charge in [0.25, 0.3) is 6.02 Å². The van der Waals surface area contributed by atoms with Crippen LogP contribution >= 0.6 is 0 Å². The number of aryl methyl sites for hydroxylation is 1. The lowest BCUT2D eigenvalue weighted by molar-refractivity contribution is -0.114. The Morgan fingerprint density at radius 2 is 2.18 bits per heavy atom. The summed E-state index contributed by atoms with van der Waals surface area (Å²) in [7, 11) is 0. The van der Waals surface area contributed by atoms with Crippen molar-refractivity contribution < 1.29 is 9.53 Å². The van der Waals surface area contributed by atoms with Crippen molar-refractivity contribution in [2.24, 2.45) is 4.99 Å². The molecule has 108 valence electrons. The first-order chi connectivity index (χ1) is 10.7. The second kappa shape index (κ2) is 5.70. The van der Waals surface area contributed by atoms with Crippen molar-refractivity contribution in [3.63, 3.8) is 0 Å². The molecule has 2 aromatic rings. The van der Waals surface area contributed by atoms with Crippen LogP contribution in [0.4, 0.5) is 11.4 Å². The van der Waals surface area contributed by atoms with Gasteiger partial charge in [0.2, 0.25) is 0 Å². The average molecular weight is 291 g/mol. The number of ether oxygens (including phenoxy) is 1. The Morgan fingerprint density at radius 1 is 1.32 bits per heavy atom. The van der Waals surface area contributed by atoms with Crippen LogP contribution in [-0.4, -0.2) is 12.3 Å². The van der Waals surface area contributed by atoms with Crippen molar-refractivity contribution in [1.82, 2.24) is 0 Å². The zero-order chi connectivity index (χ0) is 15.5. The second-order valence-corrected chi connectivity index (χ2v) is 4.97. The van der Waals surface area contributed by atoms with Gasteiger partial charge >= 0.3 is 0 Å². The van der Waals surface area contributed by atoms with Crippen molar-refractivity contribution >= 4 is 23.7 Å². The Hall–Kier alpha value is -3.13. The van der Waals surface area contributed by atoms with E-state index in [1.807, 2.05) is 25.1 Å². The maximum atomic E-state index is 11.3. The third-order valence-corrected chi connectivity index (χ3v) is 3.32. The summed E-state index contributed by atoms with van der Waals surface area (Å²) >= 11 is 0. The molecule has 0 aromatic heterocycles. The Morgan fingerprint density at radius 3 is 2.95 bits per heavy atom. The number of nitriles is 1. The fourth-order valence-electron chi connectivity index (χ4n) is 2.26. The van der Waals surface area contributed by atoms with E-state index in [2.05, 4.69) is 16.4 Å². The van der Waals surface area contributed by atoms with Gasteiger partial charge in [0.1, 0.15) is 0 Å². The number of carbonyl (C=O) groups is 1. The molecule has 0 fully saturated rings. The van der Waals surface area contributed by atoms with E-state index in [1.54, 1.807) is 24.3 Å². The Balaban J connectivity index is 1.94. The molecule has 1 heterocycles. The lowest BCUT2D eigenvalue weighted by Crippen LogP contribution is -2.23. The number of anilines is 1. The van der Waals surface area contributed by atoms with Crippen molar-refractivity contribution in [3.05, 3.63) is 59.2 Å². The van der Waals surface area contributed by atoms with Crippen LogP contribution in [0.1, 0.15) is 22.8 Å². The molecule has 0 saturated heterocycles.